The SMILES string of the molecule is NC(=NCC[C@H](N)C(=O)O)N1CCCC1. The van der Waals surface area contributed by atoms with Crippen LogP contribution in [0.15, 0.2) is 4.99 Å². The van der Waals surface area contributed by atoms with E-state index in [9.17, 15) is 4.79 Å². The molecule has 1 heterocycles. The molecule has 6 nitrogen and oxygen atoms in total. The van der Waals surface area contributed by atoms with Gasteiger partial charge in [-0.25, -0.2) is 0 Å². The van der Waals surface area contributed by atoms with Crippen molar-refractivity contribution in [1.29, 1.82) is 0 Å². The second-order valence-electron chi connectivity index (χ2n) is 3.67. The number of likely N-dealkylation sites (tertiary alicyclic amines) is 1. The second kappa shape index (κ2) is 5.55. The Morgan fingerprint density at radius 3 is 2.60 bits per heavy atom. The Morgan fingerprint density at radius 1 is 1.47 bits per heavy atom. The lowest BCUT2D eigenvalue weighted by Crippen LogP contribution is -2.36. The molecule has 0 aromatic carbocycles. The van der Waals surface area contributed by atoms with Gasteiger partial charge in [-0.15, -0.1) is 0 Å². The number of carboxylic acid groups (broad SMARTS) is 1. The summed E-state index contributed by atoms with van der Waals surface area (Å²) in [6, 6.07) is -0.847. The van der Waals surface area contributed by atoms with E-state index in [1.807, 2.05) is 4.90 Å². The van der Waals surface area contributed by atoms with E-state index < -0.39 is 12.0 Å². The first-order chi connectivity index (χ1) is 7.11. The number of rotatable bonds is 4. The van der Waals surface area contributed by atoms with E-state index in [1.165, 1.54) is 0 Å². The fourth-order valence-electron chi connectivity index (χ4n) is 1.49. The van der Waals surface area contributed by atoms with Crippen molar-refractivity contribution in [2.45, 2.75) is 25.3 Å². The van der Waals surface area contributed by atoms with Gasteiger partial charge in [0.15, 0.2) is 5.96 Å². The van der Waals surface area contributed by atoms with E-state index in [0.29, 0.717) is 18.9 Å². The summed E-state index contributed by atoms with van der Waals surface area (Å²) in [5.74, 6) is -0.491. The Hall–Kier alpha value is -1.30. The Balaban J connectivity index is 2.27. The minimum atomic E-state index is -0.995. The van der Waals surface area contributed by atoms with Gasteiger partial charge in [-0.1, -0.05) is 0 Å². The van der Waals surface area contributed by atoms with Gasteiger partial charge in [0.1, 0.15) is 6.04 Å². The van der Waals surface area contributed by atoms with Crippen LogP contribution in [0, 0.1) is 0 Å². The number of guanidine groups is 1. The third-order valence-electron chi connectivity index (χ3n) is 2.46. The van der Waals surface area contributed by atoms with E-state index in [2.05, 4.69) is 4.99 Å². The van der Waals surface area contributed by atoms with Crippen LogP contribution in [-0.2, 0) is 4.79 Å². The van der Waals surface area contributed by atoms with Gasteiger partial charge >= 0.3 is 5.97 Å². The van der Waals surface area contributed by atoms with E-state index in [4.69, 9.17) is 16.6 Å². The highest BCUT2D eigenvalue weighted by molar-refractivity contribution is 5.78. The molecule has 1 fully saturated rings. The fraction of sp³-hybridized carbons (Fsp3) is 0.778. The van der Waals surface area contributed by atoms with Crippen LogP contribution in [0.1, 0.15) is 19.3 Å². The van der Waals surface area contributed by atoms with Crippen molar-refractivity contribution in [2.75, 3.05) is 19.6 Å². The van der Waals surface area contributed by atoms with Crippen LogP contribution in [0.5, 0.6) is 0 Å². The molecule has 15 heavy (non-hydrogen) atoms. The van der Waals surface area contributed by atoms with Gasteiger partial charge in [-0.3, -0.25) is 9.79 Å². The molecule has 0 amide bonds. The van der Waals surface area contributed by atoms with Crippen molar-refractivity contribution < 1.29 is 9.90 Å². The molecule has 6 heteroatoms. The van der Waals surface area contributed by atoms with Crippen molar-refractivity contribution >= 4 is 11.9 Å². The molecule has 0 saturated carbocycles. The summed E-state index contributed by atoms with van der Waals surface area (Å²) in [7, 11) is 0. The maximum Gasteiger partial charge on any atom is 0.320 e. The highest BCUT2D eigenvalue weighted by Crippen LogP contribution is 2.06. The van der Waals surface area contributed by atoms with Gasteiger partial charge in [0, 0.05) is 19.6 Å². The Kier molecular flexibility index (Phi) is 4.36. The van der Waals surface area contributed by atoms with E-state index in [1.54, 1.807) is 0 Å². The molecule has 1 saturated heterocycles. The van der Waals surface area contributed by atoms with Crippen LogP contribution in [0.4, 0.5) is 0 Å². The van der Waals surface area contributed by atoms with Gasteiger partial charge in [0.2, 0.25) is 0 Å². The fourth-order valence-corrected chi connectivity index (χ4v) is 1.49. The monoisotopic (exact) mass is 214 g/mol. The lowest BCUT2D eigenvalue weighted by atomic mass is 10.2. The van der Waals surface area contributed by atoms with E-state index in [0.717, 1.165) is 25.9 Å². The third kappa shape index (κ3) is 3.75. The van der Waals surface area contributed by atoms with Crippen molar-refractivity contribution in [2.24, 2.45) is 16.5 Å². The minimum Gasteiger partial charge on any atom is -0.480 e. The van der Waals surface area contributed by atoms with Crippen LogP contribution >= 0.6 is 0 Å². The number of aliphatic carboxylic acids is 1. The summed E-state index contributed by atoms with van der Waals surface area (Å²) in [5.41, 5.74) is 11.1. The number of hydrogen-bond donors (Lipinski definition) is 3. The average molecular weight is 214 g/mol. The second-order valence-corrected chi connectivity index (χ2v) is 3.67. The molecule has 1 atom stereocenters. The molecule has 0 spiro atoms. The molecule has 5 N–H and O–H groups in total. The summed E-state index contributed by atoms with van der Waals surface area (Å²) >= 11 is 0. The highest BCUT2D eigenvalue weighted by atomic mass is 16.4. The van der Waals surface area contributed by atoms with Crippen molar-refractivity contribution in [3.05, 3.63) is 0 Å². The molecular formula is C9H18N4O2. The zero-order chi connectivity index (χ0) is 11.3. The predicted molar refractivity (Wildman–Crippen MR) is 57.5 cm³/mol. The Labute approximate surface area is 88.9 Å². The summed E-state index contributed by atoms with van der Waals surface area (Å²) in [6.07, 6.45) is 2.61. The highest BCUT2D eigenvalue weighted by Gasteiger charge is 2.14. The quantitative estimate of drug-likeness (QED) is 0.419. The van der Waals surface area contributed by atoms with Gasteiger partial charge in [-0.05, 0) is 19.3 Å². The van der Waals surface area contributed by atoms with Crippen LogP contribution in [-0.4, -0.2) is 47.6 Å². The molecule has 86 valence electrons. The maximum atomic E-state index is 10.4. The molecule has 0 aliphatic carbocycles. The summed E-state index contributed by atoms with van der Waals surface area (Å²) < 4.78 is 0. The first-order valence-corrected chi connectivity index (χ1v) is 5.14. The molecule has 0 aromatic rings. The lowest BCUT2D eigenvalue weighted by Gasteiger charge is -2.15. The Bertz CT molecular complexity index is 248. The molecule has 0 bridgehead atoms. The average Bonchev–Trinajstić information content (AvgIpc) is 2.70. The molecule has 0 radical (unpaired) electrons. The van der Waals surface area contributed by atoms with Gasteiger partial charge in [0.25, 0.3) is 0 Å². The van der Waals surface area contributed by atoms with Crippen molar-refractivity contribution in [1.82, 2.24) is 4.90 Å². The molecule has 1 aliphatic rings. The van der Waals surface area contributed by atoms with Crippen LogP contribution in [0.2, 0.25) is 0 Å². The van der Waals surface area contributed by atoms with Crippen LogP contribution in [0.3, 0.4) is 0 Å². The smallest absolute Gasteiger partial charge is 0.320 e. The number of nitrogens with zero attached hydrogens (tertiary/aromatic N) is 2. The van der Waals surface area contributed by atoms with E-state index in [-0.39, 0.29) is 0 Å². The molecular weight excluding hydrogens is 196 g/mol. The number of nitrogens with two attached hydrogens (primary N) is 2. The number of carbonyl (C=O) groups is 1. The first kappa shape index (κ1) is 11.8. The van der Waals surface area contributed by atoms with Gasteiger partial charge in [0.05, 0.1) is 0 Å². The maximum absolute atomic E-state index is 10.4. The van der Waals surface area contributed by atoms with Crippen LogP contribution in [0.25, 0.3) is 0 Å². The zero-order valence-corrected chi connectivity index (χ0v) is 8.72. The third-order valence-corrected chi connectivity index (χ3v) is 2.46. The first-order valence-electron chi connectivity index (χ1n) is 5.14. The topological polar surface area (TPSA) is 105 Å². The number of carboxylic acids is 1. The molecule has 1 aliphatic heterocycles. The van der Waals surface area contributed by atoms with Crippen LogP contribution < -0.4 is 11.5 Å². The summed E-state index contributed by atoms with van der Waals surface area (Å²) in [5, 5.41) is 8.54. The van der Waals surface area contributed by atoms with Gasteiger partial charge < -0.3 is 21.5 Å². The molecule has 1 rings (SSSR count). The Morgan fingerprint density at radius 2 is 2.07 bits per heavy atom. The largest absolute Gasteiger partial charge is 0.480 e. The normalized spacial score (nSPS) is 19.3. The predicted octanol–water partition coefficient (Wildman–Crippen LogP) is -0.801. The standard InChI is InChI=1S/C9H18N4O2/c10-7(8(14)15)3-4-12-9(11)13-5-1-2-6-13/h7H,1-6,10H2,(H2,11,12)(H,14,15)/t7-/m0/s1. The zero-order valence-electron chi connectivity index (χ0n) is 8.72. The van der Waals surface area contributed by atoms with E-state index >= 15 is 0 Å². The number of hydrogen-bond acceptors (Lipinski definition) is 3. The van der Waals surface area contributed by atoms with Crippen molar-refractivity contribution in [3.63, 3.8) is 0 Å². The minimum absolute atomic E-state index is 0.323. The molecule has 0 aromatic heterocycles. The lowest BCUT2D eigenvalue weighted by molar-refractivity contribution is -0.138. The number of aliphatic imine (C=N–C) groups is 1. The van der Waals surface area contributed by atoms with Gasteiger partial charge in [-0.2, -0.15) is 0 Å². The molecule has 0 unspecified atom stereocenters. The van der Waals surface area contributed by atoms with Crippen molar-refractivity contribution in [3.8, 4) is 0 Å². The summed E-state index contributed by atoms with van der Waals surface area (Å²) in [6.45, 7) is 2.26. The summed E-state index contributed by atoms with van der Waals surface area (Å²) in [4.78, 5) is 16.5.